The van der Waals surface area contributed by atoms with E-state index in [9.17, 15) is 18.4 Å². The summed E-state index contributed by atoms with van der Waals surface area (Å²) in [5.41, 5.74) is 0. The molecule has 0 aromatic carbocycles. The molecule has 0 aromatic rings. The van der Waals surface area contributed by atoms with Crippen LogP contribution in [0.25, 0.3) is 0 Å². The second-order valence-corrected chi connectivity index (χ2v) is 5.78. The van der Waals surface area contributed by atoms with Crippen molar-refractivity contribution < 1.29 is 18.4 Å². The van der Waals surface area contributed by atoms with Crippen molar-refractivity contribution >= 4 is 11.7 Å². The minimum Gasteiger partial charge on any atom is -0.350 e. The molecule has 21 heavy (non-hydrogen) atoms. The Labute approximate surface area is 125 Å². The van der Waals surface area contributed by atoms with Crippen molar-refractivity contribution in [2.75, 3.05) is 13.6 Å². The Balaban J connectivity index is 2.64. The van der Waals surface area contributed by atoms with E-state index in [1.165, 1.54) is 13.5 Å². The summed E-state index contributed by atoms with van der Waals surface area (Å²) in [5.74, 6) is -6.48. The summed E-state index contributed by atoms with van der Waals surface area (Å²) in [6, 6.07) is -0.963. The third-order valence-corrected chi connectivity index (χ3v) is 4.09. The highest BCUT2D eigenvalue weighted by atomic mass is 19.3. The van der Waals surface area contributed by atoms with E-state index in [1.807, 2.05) is 0 Å². The molecular formula is C15H26F2N2O2. The van der Waals surface area contributed by atoms with E-state index in [4.69, 9.17) is 0 Å². The molecule has 0 heterocycles. The van der Waals surface area contributed by atoms with Crippen molar-refractivity contribution in [3.8, 4) is 0 Å². The molecule has 1 fully saturated rings. The van der Waals surface area contributed by atoms with E-state index in [0.717, 1.165) is 25.7 Å². The highest BCUT2D eigenvalue weighted by molar-refractivity contribution is 6.09. The highest BCUT2D eigenvalue weighted by Crippen LogP contribution is 2.29. The van der Waals surface area contributed by atoms with E-state index in [2.05, 4.69) is 10.6 Å². The first-order valence-electron chi connectivity index (χ1n) is 7.81. The van der Waals surface area contributed by atoms with Gasteiger partial charge in [-0.2, -0.15) is 8.78 Å². The number of hydrogen-bond donors (Lipinski definition) is 2. The SMILES string of the molecule is CCCNC(=O)C(F)(F)C(=O)C(CC1CCCCC1)NC. The zero-order chi connectivity index (χ0) is 15.9. The van der Waals surface area contributed by atoms with Gasteiger partial charge in [-0.3, -0.25) is 9.59 Å². The number of likely N-dealkylation sites (N-methyl/N-ethyl adjacent to an activating group) is 1. The molecule has 1 unspecified atom stereocenters. The molecule has 0 aliphatic heterocycles. The van der Waals surface area contributed by atoms with Crippen LogP contribution in [0.15, 0.2) is 0 Å². The predicted molar refractivity (Wildman–Crippen MR) is 77.3 cm³/mol. The van der Waals surface area contributed by atoms with Crippen molar-refractivity contribution in [1.29, 1.82) is 0 Å². The quantitative estimate of drug-likeness (QED) is 0.676. The molecule has 1 rings (SSSR count). The first-order chi connectivity index (χ1) is 9.93. The lowest BCUT2D eigenvalue weighted by Crippen LogP contribution is -2.53. The maximum absolute atomic E-state index is 13.9. The number of amides is 1. The van der Waals surface area contributed by atoms with Crippen molar-refractivity contribution in [1.82, 2.24) is 10.6 Å². The molecular weight excluding hydrogens is 278 g/mol. The molecule has 6 heteroatoms. The molecule has 1 amide bonds. The number of ketones is 1. The number of alkyl halides is 2. The monoisotopic (exact) mass is 304 g/mol. The fourth-order valence-corrected chi connectivity index (χ4v) is 2.79. The van der Waals surface area contributed by atoms with Crippen LogP contribution in [0.1, 0.15) is 51.9 Å². The van der Waals surface area contributed by atoms with Gasteiger partial charge in [-0.05, 0) is 25.8 Å². The van der Waals surface area contributed by atoms with Crippen LogP contribution in [0.5, 0.6) is 0 Å². The first kappa shape index (κ1) is 18.0. The summed E-state index contributed by atoms with van der Waals surface area (Å²) in [4.78, 5) is 23.5. The number of rotatable bonds is 8. The van der Waals surface area contributed by atoms with Crippen LogP contribution in [0.3, 0.4) is 0 Å². The summed E-state index contributed by atoms with van der Waals surface area (Å²) in [6.45, 7) is 1.91. The van der Waals surface area contributed by atoms with Gasteiger partial charge >= 0.3 is 5.92 Å². The van der Waals surface area contributed by atoms with Crippen LogP contribution in [0, 0.1) is 5.92 Å². The van der Waals surface area contributed by atoms with Crippen molar-refractivity contribution in [3.05, 3.63) is 0 Å². The van der Waals surface area contributed by atoms with Gasteiger partial charge in [0.05, 0.1) is 6.04 Å². The van der Waals surface area contributed by atoms with Crippen LogP contribution in [0.4, 0.5) is 8.78 Å². The minimum atomic E-state index is -3.96. The highest BCUT2D eigenvalue weighted by Gasteiger charge is 2.49. The second-order valence-electron chi connectivity index (χ2n) is 5.78. The summed E-state index contributed by atoms with van der Waals surface area (Å²) < 4.78 is 27.8. The lowest BCUT2D eigenvalue weighted by Gasteiger charge is -2.27. The van der Waals surface area contributed by atoms with Crippen LogP contribution in [-0.4, -0.2) is 37.2 Å². The third kappa shape index (κ3) is 5.02. The minimum absolute atomic E-state index is 0.147. The predicted octanol–water partition coefficient (Wildman–Crippen LogP) is 2.28. The molecule has 0 spiro atoms. The number of Topliss-reactive ketones (excluding diaryl/α,β-unsaturated/α-hetero) is 1. The third-order valence-electron chi connectivity index (χ3n) is 4.09. The summed E-state index contributed by atoms with van der Waals surface area (Å²) in [6.07, 6.45) is 6.22. The second kappa shape index (κ2) is 8.41. The molecule has 2 N–H and O–H groups in total. The molecule has 122 valence electrons. The number of carbonyl (C=O) groups excluding carboxylic acids is 2. The lowest BCUT2D eigenvalue weighted by atomic mass is 9.83. The lowest BCUT2D eigenvalue weighted by molar-refractivity contribution is -0.159. The Bertz CT molecular complexity index is 356. The molecule has 1 saturated carbocycles. The van der Waals surface area contributed by atoms with Gasteiger partial charge in [0, 0.05) is 6.54 Å². The smallest absolute Gasteiger partial charge is 0.350 e. The maximum atomic E-state index is 13.9. The van der Waals surface area contributed by atoms with Crippen LogP contribution >= 0.6 is 0 Å². The Hall–Kier alpha value is -1.04. The van der Waals surface area contributed by atoms with Gasteiger partial charge in [0.25, 0.3) is 5.91 Å². The van der Waals surface area contributed by atoms with Crippen molar-refractivity contribution in [2.45, 2.75) is 63.8 Å². The summed E-state index contributed by atoms with van der Waals surface area (Å²) in [5, 5.41) is 4.76. The normalized spacial score (nSPS) is 18.3. The van der Waals surface area contributed by atoms with Gasteiger partial charge in [-0.1, -0.05) is 39.0 Å². The number of hydrogen-bond acceptors (Lipinski definition) is 3. The van der Waals surface area contributed by atoms with E-state index >= 15 is 0 Å². The first-order valence-corrected chi connectivity index (χ1v) is 7.81. The van der Waals surface area contributed by atoms with Gasteiger partial charge in [0.15, 0.2) is 0 Å². The number of nitrogens with one attached hydrogen (secondary N) is 2. The van der Waals surface area contributed by atoms with Crippen molar-refractivity contribution in [2.24, 2.45) is 5.92 Å². The number of carbonyl (C=O) groups is 2. The molecule has 0 radical (unpaired) electrons. The van der Waals surface area contributed by atoms with Crippen molar-refractivity contribution in [3.63, 3.8) is 0 Å². The fraction of sp³-hybridized carbons (Fsp3) is 0.867. The van der Waals surface area contributed by atoms with E-state index in [0.29, 0.717) is 12.8 Å². The average Bonchev–Trinajstić information content (AvgIpc) is 2.50. The standard InChI is InChI=1S/C15H26F2N2O2/c1-3-9-19-14(21)15(16,17)13(20)12(18-2)10-11-7-5-4-6-8-11/h11-12,18H,3-10H2,1-2H3,(H,19,21). The number of halogens is 2. The van der Waals surface area contributed by atoms with E-state index in [-0.39, 0.29) is 12.5 Å². The Morgan fingerprint density at radius 3 is 2.38 bits per heavy atom. The average molecular weight is 304 g/mol. The molecule has 1 aliphatic carbocycles. The van der Waals surface area contributed by atoms with Crippen LogP contribution in [-0.2, 0) is 9.59 Å². The van der Waals surface area contributed by atoms with Gasteiger partial charge in [-0.15, -0.1) is 0 Å². The van der Waals surface area contributed by atoms with Crippen LogP contribution < -0.4 is 10.6 Å². The zero-order valence-corrected chi connectivity index (χ0v) is 12.9. The Morgan fingerprint density at radius 2 is 1.86 bits per heavy atom. The molecule has 0 saturated heterocycles. The molecule has 4 nitrogen and oxygen atoms in total. The van der Waals surface area contributed by atoms with E-state index < -0.39 is 23.7 Å². The maximum Gasteiger partial charge on any atom is 0.383 e. The van der Waals surface area contributed by atoms with Gasteiger partial charge in [0.1, 0.15) is 0 Å². The molecule has 0 aromatic heterocycles. The topological polar surface area (TPSA) is 58.2 Å². The molecule has 1 atom stereocenters. The van der Waals surface area contributed by atoms with Gasteiger partial charge < -0.3 is 10.6 Å². The Kier molecular flexibility index (Phi) is 7.22. The molecule has 0 bridgehead atoms. The summed E-state index contributed by atoms with van der Waals surface area (Å²) in [7, 11) is 1.49. The Morgan fingerprint density at radius 1 is 1.24 bits per heavy atom. The van der Waals surface area contributed by atoms with Gasteiger partial charge in [-0.25, -0.2) is 0 Å². The summed E-state index contributed by atoms with van der Waals surface area (Å²) >= 11 is 0. The zero-order valence-electron chi connectivity index (χ0n) is 12.9. The van der Waals surface area contributed by atoms with Gasteiger partial charge in [0.2, 0.25) is 5.78 Å². The largest absolute Gasteiger partial charge is 0.383 e. The van der Waals surface area contributed by atoms with E-state index in [1.54, 1.807) is 6.92 Å². The van der Waals surface area contributed by atoms with Crippen LogP contribution in [0.2, 0.25) is 0 Å². The fourth-order valence-electron chi connectivity index (χ4n) is 2.79. The molecule has 1 aliphatic rings.